The number of imide groups is 2. The number of fused-ring (bicyclic) bond motifs is 2. The molecule has 0 radical (unpaired) electrons. The zero-order chi connectivity index (χ0) is 42.5. The summed E-state index contributed by atoms with van der Waals surface area (Å²) in [5.41, 5.74) is 2.37. The number of aromatic nitrogens is 3. The Bertz CT molecular complexity index is 2470. The molecule has 5 amide bonds. The van der Waals surface area contributed by atoms with E-state index in [1.165, 1.54) is 11.6 Å². The van der Waals surface area contributed by atoms with Crippen LogP contribution in [0.2, 0.25) is 5.02 Å². The van der Waals surface area contributed by atoms with Gasteiger partial charge in [0.2, 0.25) is 17.8 Å². The Labute approximate surface area is 351 Å². The van der Waals surface area contributed by atoms with Gasteiger partial charge in [0, 0.05) is 82.1 Å². The number of nitrogens with zero attached hydrogens (tertiary/aromatic N) is 7. The Balaban J connectivity index is 0.876. The highest BCUT2D eigenvalue weighted by molar-refractivity contribution is 6.33. The third-order valence-electron chi connectivity index (χ3n) is 12.5. The smallest absolute Gasteiger partial charge is 0.293 e. The summed E-state index contributed by atoms with van der Waals surface area (Å²) < 4.78 is 6.99. The normalized spacial score (nSPS) is 19.1. The highest BCUT2D eigenvalue weighted by Gasteiger charge is 2.45. The number of piperazine rings is 1. The fourth-order valence-electron chi connectivity index (χ4n) is 8.83. The van der Waals surface area contributed by atoms with Crippen LogP contribution >= 0.6 is 11.6 Å². The van der Waals surface area contributed by atoms with Crippen molar-refractivity contribution in [3.8, 4) is 5.75 Å². The van der Waals surface area contributed by atoms with E-state index in [9.17, 15) is 28.8 Å². The number of amides is 5. The first-order valence-electron chi connectivity index (χ1n) is 20.1. The Morgan fingerprint density at radius 1 is 0.917 bits per heavy atom. The van der Waals surface area contributed by atoms with Gasteiger partial charge in [-0.3, -0.25) is 43.9 Å². The van der Waals surface area contributed by atoms with Crippen LogP contribution in [0.5, 0.6) is 5.75 Å². The van der Waals surface area contributed by atoms with Crippen LogP contribution in [0.25, 0.3) is 10.9 Å². The lowest BCUT2D eigenvalue weighted by Gasteiger charge is -2.50. The summed E-state index contributed by atoms with van der Waals surface area (Å²) in [7, 11) is 3.15. The van der Waals surface area contributed by atoms with Crippen molar-refractivity contribution in [1.29, 1.82) is 0 Å². The molecular formula is C42H47ClN10O7. The lowest BCUT2D eigenvalue weighted by molar-refractivity contribution is -0.136. The quantitative estimate of drug-likeness (QED) is 0.198. The van der Waals surface area contributed by atoms with Crippen LogP contribution in [-0.2, 0) is 21.4 Å². The minimum absolute atomic E-state index is 0.0677. The van der Waals surface area contributed by atoms with Crippen molar-refractivity contribution < 1.29 is 28.7 Å². The number of carbonyl (C=O) groups excluding carboxylic acids is 5. The Hall–Kier alpha value is -6.07. The van der Waals surface area contributed by atoms with Gasteiger partial charge in [-0.1, -0.05) is 11.6 Å². The highest BCUT2D eigenvalue weighted by Crippen LogP contribution is 2.37. The molecule has 0 bridgehead atoms. The van der Waals surface area contributed by atoms with Gasteiger partial charge < -0.3 is 29.7 Å². The van der Waals surface area contributed by atoms with Gasteiger partial charge in [-0.2, -0.15) is 4.98 Å². The maximum absolute atomic E-state index is 13.4. The molecule has 4 aliphatic heterocycles. The van der Waals surface area contributed by atoms with Crippen LogP contribution in [0.3, 0.4) is 0 Å². The maximum Gasteiger partial charge on any atom is 0.293 e. The predicted molar refractivity (Wildman–Crippen MR) is 225 cm³/mol. The zero-order valence-corrected chi connectivity index (χ0v) is 34.7. The van der Waals surface area contributed by atoms with Crippen LogP contribution in [0.1, 0.15) is 60.2 Å². The van der Waals surface area contributed by atoms with Crippen molar-refractivity contribution >= 4 is 75.2 Å². The number of nitrogens with one attached hydrogen (secondary N) is 3. The first-order chi connectivity index (χ1) is 28.7. The lowest BCUT2D eigenvalue weighted by atomic mass is 9.78. The Morgan fingerprint density at radius 3 is 2.37 bits per heavy atom. The molecule has 2 aromatic carbocycles. The number of benzene rings is 2. The van der Waals surface area contributed by atoms with Crippen molar-refractivity contribution in [2.75, 3.05) is 68.0 Å². The van der Waals surface area contributed by atoms with Gasteiger partial charge in [0.15, 0.2) is 18.2 Å². The molecule has 1 unspecified atom stereocenters. The first-order valence-corrected chi connectivity index (χ1v) is 20.5. The number of hydrogen-bond acceptors (Lipinski definition) is 13. The van der Waals surface area contributed by atoms with Crippen LogP contribution in [0, 0.1) is 5.92 Å². The van der Waals surface area contributed by atoms with E-state index in [1.807, 2.05) is 24.3 Å². The summed E-state index contributed by atoms with van der Waals surface area (Å²) in [5, 5.41) is 9.12. The van der Waals surface area contributed by atoms with E-state index in [0.717, 1.165) is 68.1 Å². The van der Waals surface area contributed by atoms with Crippen LogP contribution in [-0.4, -0.2) is 118 Å². The number of ether oxygens (including phenoxy) is 1. The minimum Gasteiger partial charge on any atom is -0.478 e. The third-order valence-corrected chi connectivity index (χ3v) is 12.8. The number of halogens is 1. The van der Waals surface area contributed by atoms with E-state index >= 15 is 0 Å². The summed E-state index contributed by atoms with van der Waals surface area (Å²) in [4.78, 5) is 92.7. The second-order valence-corrected chi connectivity index (χ2v) is 16.6. The van der Waals surface area contributed by atoms with Gasteiger partial charge in [0.05, 0.1) is 22.8 Å². The predicted octanol–water partition coefficient (Wildman–Crippen LogP) is 3.07. The summed E-state index contributed by atoms with van der Waals surface area (Å²) in [6.45, 7) is 9.04. The van der Waals surface area contributed by atoms with E-state index in [2.05, 4.69) is 49.5 Å². The number of pyridine rings is 1. The third kappa shape index (κ3) is 7.62. The first kappa shape index (κ1) is 40.7. The molecule has 2 aromatic heterocycles. The molecule has 8 rings (SSSR count). The average Bonchev–Trinajstić information content (AvgIpc) is 3.49. The van der Waals surface area contributed by atoms with E-state index < -0.39 is 29.7 Å². The average molecular weight is 839 g/mol. The molecule has 60 heavy (non-hydrogen) atoms. The molecule has 1 atom stereocenters. The van der Waals surface area contributed by atoms with Crippen LogP contribution < -0.4 is 36.0 Å². The summed E-state index contributed by atoms with van der Waals surface area (Å²) >= 11 is 6.59. The van der Waals surface area contributed by atoms with Gasteiger partial charge in [0.1, 0.15) is 11.1 Å². The van der Waals surface area contributed by atoms with E-state index in [1.54, 1.807) is 31.4 Å². The van der Waals surface area contributed by atoms with Crippen molar-refractivity contribution in [2.24, 2.45) is 13.0 Å². The molecule has 3 fully saturated rings. The van der Waals surface area contributed by atoms with Gasteiger partial charge >= 0.3 is 0 Å². The Kier molecular flexibility index (Phi) is 11.0. The van der Waals surface area contributed by atoms with E-state index in [-0.39, 0.29) is 53.3 Å². The number of piperidine rings is 2. The van der Waals surface area contributed by atoms with E-state index in [0.29, 0.717) is 33.9 Å². The van der Waals surface area contributed by atoms with Gasteiger partial charge in [-0.15, -0.1) is 0 Å². The molecular weight excluding hydrogens is 792 g/mol. The second-order valence-electron chi connectivity index (χ2n) is 16.2. The zero-order valence-electron chi connectivity index (χ0n) is 33.9. The van der Waals surface area contributed by atoms with Crippen molar-refractivity contribution in [3.05, 3.63) is 75.2 Å². The van der Waals surface area contributed by atoms with Gasteiger partial charge in [0.25, 0.3) is 23.3 Å². The summed E-state index contributed by atoms with van der Waals surface area (Å²) in [6.07, 6.45) is 3.68. The molecule has 18 heteroatoms. The SMILES string of the molecule is CNC(=O)COc1cc2cc(Nc3nc(N4CCC(C(C)(C)N5CCN(c6ccc7c(c6)C(=O)N(C6CCC(=O)NC6=O)C7=O)CC5)CC4)ncc3Cl)ccc2n(C)c1=O. The minimum atomic E-state index is -0.994. The largest absolute Gasteiger partial charge is 0.478 e. The number of likely N-dealkylation sites (N-methyl/N-ethyl adjacent to an activating group) is 1. The van der Waals surface area contributed by atoms with Gasteiger partial charge in [-0.25, -0.2) is 4.98 Å². The number of hydrogen-bond donors (Lipinski definition) is 3. The maximum atomic E-state index is 13.4. The van der Waals surface area contributed by atoms with Crippen molar-refractivity contribution in [2.45, 2.75) is 51.1 Å². The lowest BCUT2D eigenvalue weighted by Crippen LogP contribution is -2.59. The monoisotopic (exact) mass is 838 g/mol. The van der Waals surface area contributed by atoms with E-state index in [4.69, 9.17) is 21.3 Å². The molecule has 0 saturated carbocycles. The summed E-state index contributed by atoms with van der Waals surface area (Å²) in [5.74, 6) is -0.858. The fourth-order valence-corrected chi connectivity index (χ4v) is 8.96. The standard InChI is InChI=1S/C42H47ClN10O7/c1-42(2,52-17-15-50(16-18-52)27-6-7-28-29(21-27)39(58)53(38(28)57)32-9-10-34(54)47-37(32)56)25-11-13-51(14-12-25)41-45-22-30(43)36(48-41)46-26-5-8-31-24(19-26)20-33(40(59)49(31)4)60-23-35(55)44-3/h5-8,19-22,25,32H,9-18,23H2,1-4H3,(H,44,55)(H,45,46,48)(H,47,54,56). The molecule has 6 heterocycles. The molecule has 4 aromatic rings. The molecule has 4 aliphatic rings. The summed E-state index contributed by atoms with van der Waals surface area (Å²) in [6, 6.07) is 11.4. The number of rotatable bonds is 10. The Morgan fingerprint density at radius 2 is 1.65 bits per heavy atom. The molecule has 17 nitrogen and oxygen atoms in total. The molecule has 3 N–H and O–H groups in total. The van der Waals surface area contributed by atoms with Crippen molar-refractivity contribution in [3.63, 3.8) is 0 Å². The number of aryl methyl sites for hydroxylation is 1. The number of anilines is 4. The van der Waals surface area contributed by atoms with Gasteiger partial charge in [-0.05, 0) is 81.5 Å². The van der Waals surface area contributed by atoms with Crippen LogP contribution in [0.4, 0.5) is 23.1 Å². The molecule has 314 valence electrons. The molecule has 0 aliphatic carbocycles. The molecule has 0 spiro atoms. The fraction of sp³-hybridized carbons (Fsp3) is 0.429. The topological polar surface area (TPSA) is 191 Å². The van der Waals surface area contributed by atoms with Crippen molar-refractivity contribution in [1.82, 2.24) is 35.0 Å². The second kappa shape index (κ2) is 16.2. The van der Waals surface area contributed by atoms with Crippen LogP contribution in [0.15, 0.2) is 53.5 Å². The number of carbonyl (C=O) groups is 5. The molecule has 3 saturated heterocycles. The highest BCUT2D eigenvalue weighted by atomic mass is 35.5.